The lowest BCUT2D eigenvalue weighted by Crippen LogP contribution is -2.35. The van der Waals surface area contributed by atoms with Crippen molar-refractivity contribution in [2.24, 2.45) is 0 Å². The quantitative estimate of drug-likeness (QED) is 0.290. The summed E-state index contributed by atoms with van der Waals surface area (Å²) in [6.07, 6.45) is 3.04. The van der Waals surface area contributed by atoms with Gasteiger partial charge in [-0.1, -0.05) is 35.8 Å². The molecule has 1 fully saturated rings. The minimum atomic E-state index is -4.52. The monoisotopic (exact) mass is 527 g/mol. The standard InChI is InChI=1S/C27H28F3N5O3/c1-26(2,27(28,29)30)21-14-22(35-38-21)32-23(36)12-16-8-10-17(11-9-16)18-13-20-24(31-15-18)33-34-25(20)37-19-6-4-3-5-7-19/h8-11,13-15,19H,3-7,12H2,1-2H3,(H,31,33,34)(H,32,35,36). The smallest absolute Gasteiger partial charge is 0.401 e. The van der Waals surface area contributed by atoms with Crippen LogP contribution < -0.4 is 10.1 Å². The largest absolute Gasteiger partial charge is 0.473 e. The maximum atomic E-state index is 13.2. The molecule has 0 saturated heterocycles. The van der Waals surface area contributed by atoms with E-state index in [-0.39, 0.29) is 24.1 Å². The normalized spacial score (nSPS) is 15.1. The second kappa shape index (κ2) is 10.1. The zero-order valence-electron chi connectivity index (χ0n) is 21.1. The Kier molecular flexibility index (Phi) is 6.85. The number of ether oxygens (including phenoxy) is 1. The second-order valence-electron chi connectivity index (χ2n) is 10.1. The number of rotatable bonds is 7. The van der Waals surface area contributed by atoms with Crippen molar-refractivity contribution in [2.45, 2.75) is 70.1 Å². The van der Waals surface area contributed by atoms with Crippen LogP contribution in [-0.2, 0) is 16.6 Å². The van der Waals surface area contributed by atoms with Crippen LogP contribution >= 0.6 is 0 Å². The van der Waals surface area contributed by atoms with Crippen LogP contribution in [0.15, 0.2) is 47.1 Å². The summed E-state index contributed by atoms with van der Waals surface area (Å²) in [5, 5.41) is 14.1. The highest BCUT2D eigenvalue weighted by Gasteiger charge is 2.51. The van der Waals surface area contributed by atoms with Gasteiger partial charge in [0.25, 0.3) is 0 Å². The maximum Gasteiger partial charge on any atom is 0.401 e. The van der Waals surface area contributed by atoms with Gasteiger partial charge in [-0.15, -0.1) is 5.10 Å². The summed E-state index contributed by atoms with van der Waals surface area (Å²) < 4.78 is 50.7. The number of benzene rings is 1. The van der Waals surface area contributed by atoms with Gasteiger partial charge in [0.1, 0.15) is 11.5 Å². The van der Waals surface area contributed by atoms with Crippen LogP contribution in [0.5, 0.6) is 5.88 Å². The number of fused-ring (bicyclic) bond motifs is 1. The molecular formula is C27H28F3N5O3. The van der Waals surface area contributed by atoms with E-state index in [1.165, 1.54) is 6.42 Å². The minimum Gasteiger partial charge on any atom is -0.473 e. The first kappa shape index (κ1) is 25.7. The summed E-state index contributed by atoms with van der Waals surface area (Å²) in [7, 11) is 0. The maximum absolute atomic E-state index is 13.2. The number of alkyl halides is 3. The number of carbonyl (C=O) groups is 1. The van der Waals surface area contributed by atoms with Crippen molar-refractivity contribution in [3.63, 3.8) is 0 Å². The SMILES string of the molecule is CC(C)(c1cc(NC(=O)Cc2ccc(-c3cnc4[nH]nc(OC5CCCCC5)c4c3)cc2)no1)C(F)(F)F. The number of aromatic nitrogens is 4. The van der Waals surface area contributed by atoms with Crippen LogP contribution in [0.1, 0.15) is 57.3 Å². The Morgan fingerprint density at radius 2 is 1.84 bits per heavy atom. The summed E-state index contributed by atoms with van der Waals surface area (Å²) in [6.45, 7) is 1.98. The van der Waals surface area contributed by atoms with Gasteiger partial charge in [0, 0.05) is 17.8 Å². The molecule has 0 spiro atoms. The third-order valence-corrected chi connectivity index (χ3v) is 6.97. The number of amides is 1. The Balaban J connectivity index is 1.24. The van der Waals surface area contributed by atoms with Crippen molar-refractivity contribution < 1.29 is 27.2 Å². The Hall–Kier alpha value is -3.89. The summed E-state index contributed by atoms with van der Waals surface area (Å²) in [4.78, 5) is 16.9. The highest BCUT2D eigenvalue weighted by atomic mass is 19.4. The zero-order valence-corrected chi connectivity index (χ0v) is 21.1. The third kappa shape index (κ3) is 5.36. The highest BCUT2D eigenvalue weighted by Crippen LogP contribution is 2.41. The molecule has 0 atom stereocenters. The van der Waals surface area contributed by atoms with Crippen molar-refractivity contribution in [2.75, 3.05) is 5.32 Å². The fraction of sp³-hybridized carbons (Fsp3) is 0.407. The third-order valence-electron chi connectivity index (χ3n) is 6.97. The molecule has 38 heavy (non-hydrogen) atoms. The highest BCUT2D eigenvalue weighted by molar-refractivity contribution is 5.91. The Morgan fingerprint density at radius 3 is 2.55 bits per heavy atom. The van der Waals surface area contributed by atoms with Gasteiger partial charge in [0.05, 0.1) is 11.8 Å². The van der Waals surface area contributed by atoms with Gasteiger partial charge in [0.2, 0.25) is 11.8 Å². The molecule has 1 amide bonds. The molecule has 11 heteroatoms. The average Bonchev–Trinajstić information content (AvgIpc) is 3.52. The number of H-pyrrole nitrogens is 1. The predicted octanol–water partition coefficient (Wildman–Crippen LogP) is 6.35. The van der Waals surface area contributed by atoms with Crippen LogP contribution in [0.2, 0.25) is 0 Å². The molecule has 5 rings (SSSR count). The van der Waals surface area contributed by atoms with E-state index in [2.05, 4.69) is 25.7 Å². The van der Waals surface area contributed by atoms with Crippen LogP contribution in [-0.4, -0.2) is 38.5 Å². The molecule has 2 N–H and O–H groups in total. The predicted molar refractivity (Wildman–Crippen MR) is 135 cm³/mol. The first-order valence-corrected chi connectivity index (χ1v) is 12.5. The number of hydrogen-bond donors (Lipinski definition) is 2. The lowest BCUT2D eigenvalue weighted by molar-refractivity contribution is -0.185. The number of nitrogens with one attached hydrogen (secondary N) is 2. The van der Waals surface area contributed by atoms with Crippen molar-refractivity contribution in [1.29, 1.82) is 0 Å². The minimum absolute atomic E-state index is 0.0174. The summed E-state index contributed by atoms with van der Waals surface area (Å²) in [5.74, 6) is -0.303. The van der Waals surface area contributed by atoms with E-state index in [0.717, 1.165) is 67.7 Å². The van der Waals surface area contributed by atoms with Gasteiger partial charge in [-0.3, -0.25) is 9.89 Å². The van der Waals surface area contributed by atoms with Crippen molar-refractivity contribution >= 4 is 22.8 Å². The van der Waals surface area contributed by atoms with Gasteiger partial charge in [-0.05, 0) is 56.7 Å². The molecule has 200 valence electrons. The van der Waals surface area contributed by atoms with E-state index in [0.29, 0.717) is 11.5 Å². The fourth-order valence-electron chi connectivity index (χ4n) is 4.43. The number of anilines is 1. The molecule has 1 saturated carbocycles. The van der Waals surface area contributed by atoms with Crippen LogP contribution in [0.3, 0.4) is 0 Å². The van der Waals surface area contributed by atoms with Crippen molar-refractivity contribution in [1.82, 2.24) is 20.3 Å². The van der Waals surface area contributed by atoms with Crippen molar-refractivity contribution in [3.05, 3.63) is 53.9 Å². The van der Waals surface area contributed by atoms with Crippen LogP contribution in [0.4, 0.5) is 19.0 Å². The lowest BCUT2D eigenvalue weighted by atomic mass is 9.89. The topological polar surface area (TPSA) is 106 Å². The fourth-order valence-corrected chi connectivity index (χ4v) is 4.43. The Morgan fingerprint density at radius 1 is 1.11 bits per heavy atom. The molecule has 8 nitrogen and oxygen atoms in total. The molecule has 3 heterocycles. The first-order chi connectivity index (χ1) is 18.1. The van der Waals surface area contributed by atoms with E-state index in [1.54, 1.807) is 6.20 Å². The molecule has 1 aliphatic carbocycles. The van der Waals surface area contributed by atoms with Gasteiger partial charge < -0.3 is 14.6 Å². The van der Waals surface area contributed by atoms with Crippen molar-refractivity contribution in [3.8, 4) is 17.0 Å². The first-order valence-electron chi connectivity index (χ1n) is 12.5. The number of carbonyl (C=O) groups excluding carboxylic acids is 1. The number of hydrogen-bond acceptors (Lipinski definition) is 6. The molecular weight excluding hydrogens is 499 g/mol. The summed E-state index contributed by atoms with van der Waals surface area (Å²) >= 11 is 0. The molecule has 0 aliphatic heterocycles. The summed E-state index contributed by atoms with van der Waals surface area (Å²) in [6, 6.07) is 10.5. The molecule has 0 radical (unpaired) electrons. The molecule has 0 bridgehead atoms. The van der Waals surface area contributed by atoms with Gasteiger partial charge in [-0.2, -0.15) is 13.2 Å². The lowest BCUT2D eigenvalue weighted by Gasteiger charge is -2.24. The van der Waals surface area contributed by atoms with E-state index in [1.807, 2.05) is 30.3 Å². The van der Waals surface area contributed by atoms with E-state index in [4.69, 9.17) is 9.26 Å². The molecule has 0 unspecified atom stereocenters. The summed E-state index contributed by atoms with van der Waals surface area (Å²) in [5.41, 5.74) is 0.942. The average molecular weight is 528 g/mol. The van der Waals surface area contributed by atoms with E-state index in [9.17, 15) is 18.0 Å². The molecule has 1 aliphatic rings. The van der Waals surface area contributed by atoms with E-state index >= 15 is 0 Å². The van der Waals surface area contributed by atoms with Gasteiger partial charge >= 0.3 is 6.18 Å². The van der Waals surface area contributed by atoms with Crippen LogP contribution in [0.25, 0.3) is 22.2 Å². The molecule has 3 aromatic heterocycles. The second-order valence-corrected chi connectivity index (χ2v) is 10.1. The molecule has 4 aromatic rings. The Bertz CT molecular complexity index is 1420. The van der Waals surface area contributed by atoms with Gasteiger partial charge in [-0.25, -0.2) is 4.98 Å². The van der Waals surface area contributed by atoms with Gasteiger partial charge in [0.15, 0.2) is 17.2 Å². The number of halogens is 3. The number of nitrogens with zero attached hydrogens (tertiary/aromatic N) is 3. The Labute approximate surface area is 217 Å². The number of pyridine rings is 1. The van der Waals surface area contributed by atoms with Crippen LogP contribution in [0, 0.1) is 0 Å². The zero-order chi connectivity index (χ0) is 26.9. The number of aromatic amines is 1. The molecule has 1 aromatic carbocycles. The van der Waals surface area contributed by atoms with E-state index < -0.39 is 17.5 Å².